The van der Waals surface area contributed by atoms with Gasteiger partial charge >= 0.3 is 12.4 Å². The van der Waals surface area contributed by atoms with Crippen LogP contribution in [-0.4, -0.2) is 66.3 Å². The van der Waals surface area contributed by atoms with Crippen LogP contribution in [0.2, 0.25) is 0 Å². The molecule has 0 bridgehead atoms. The van der Waals surface area contributed by atoms with Crippen molar-refractivity contribution in [1.29, 1.82) is 0 Å². The molecule has 6 rings (SSSR count). The molecule has 0 aliphatic carbocycles. The predicted octanol–water partition coefficient (Wildman–Crippen LogP) is 7.57. The number of nitrogens with zero attached hydrogens (tertiary/aromatic N) is 8. The van der Waals surface area contributed by atoms with E-state index >= 15 is 0 Å². The monoisotopic (exact) mass is 776 g/mol. The number of sulfone groups is 1. The van der Waals surface area contributed by atoms with Gasteiger partial charge in [-0.25, -0.2) is 28.4 Å². The van der Waals surface area contributed by atoms with Crippen LogP contribution < -0.4 is 0 Å². The van der Waals surface area contributed by atoms with Gasteiger partial charge in [0.25, 0.3) is 0 Å². The Morgan fingerprint density at radius 2 is 0.981 bits per heavy atom. The fourth-order valence-corrected chi connectivity index (χ4v) is 5.25. The van der Waals surface area contributed by atoms with E-state index in [1.807, 2.05) is 20.1 Å². The van der Waals surface area contributed by atoms with Gasteiger partial charge in [0.05, 0.1) is 33.9 Å². The molecule has 0 unspecified atom stereocenters. The first-order chi connectivity index (χ1) is 24.6. The van der Waals surface area contributed by atoms with E-state index in [4.69, 9.17) is 0 Å². The van der Waals surface area contributed by atoms with Crippen LogP contribution in [-0.2, 0) is 22.2 Å². The van der Waals surface area contributed by atoms with Crippen molar-refractivity contribution in [3.05, 3.63) is 109 Å². The van der Waals surface area contributed by atoms with Crippen molar-refractivity contribution in [2.45, 2.75) is 36.5 Å². The summed E-state index contributed by atoms with van der Waals surface area (Å²) in [6.07, 6.45) is 2.29. The molecule has 0 aliphatic heterocycles. The highest BCUT2D eigenvalue weighted by Crippen LogP contribution is 2.35. The van der Waals surface area contributed by atoms with E-state index < -0.39 is 38.5 Å². The fraction of sp³-hybridized carbons (Fsp3) is 0.176. The van der Waals surface area contributed by atoms with Gasteiger partial charge in [-0.15, -0.1) is 0 Å². The average Bonchev–Trinajstić information content (AvgIpc) is 3.15. The van der Waals surface area contributed by atoms with E-state index in [0.29, 0.717) is 27.8 Å². The van der Waals surface area contributed by atoms with Crippen molar-refractivity contribution in [3.63, 3.8) is 0 Å². The van der Waals surface area contributed by atoms with Gasteiger partial charge in [0.2, 0.25) is 15.0 Å². The van der Waals surface area contributed by atoms with Gasteiger partial charge in [-0.1, -0.05) is 49.9 Å². The lowest BCUT2D eigenvalue weighted by atomic mass is 10.0. The molecule has 278 valence electrons. The molecule has 53 heavy (non-hydrogen) atoms. The van der Waals surface area contributed by atoms with Crippen LogP contribution in [0.3, 0.4) is 0 Å². The van der Waals surface area contributed by atoms with Crippen LogP contribution in [0, 0.1) is 0 Å². The normalized spacial score (nSPS) is 11.3. The van der Waals surface area contributed by atoms with E-state index in [9.17, 15) is 34.8 Å². The summed E-state index contributed by atoms with van der Waals surface area (Å²) in [5.41, 5.74) is 0.658. The van der Waals surface area contributed by atoms with Crippen molar-refractivity contribution >= 4 is 21.6 Å². The van der Waals surface area contributed by atoms with Crippen LogP contribution in [0.1, 0.15) is 25.0 Å². The Kier molecular flexibility index (Phi) is 14.2. The molecule has 0 spiro atoms. The molecule has 6 aromatic rings. The number of alkyl halides is 6. The molecular weight excluding hydrogens is 747 g/mol. The first-order valence-corrected chi connectivity index (χ1v) is 18.1. The predicted molar refractivity (Wildman–Crippen MR) is 187 cm³/mol. The maximum atomic E-state index is 13.0. The highest BCUT2D eigenvalue weighted by Gasteiger charge is 2.32. The van der Waals surface area contributed by atoms with Crippen molar-refractivity contribution in [2.24, 2.45) is 0 Å². The van der Waals surface area contributed by atoms with Crippen molar-refractivity contribution < 1.29 is 40.2 Å². The van der Waals surface area contributed by atoms with Crippen LogP contribution in [0.5, 0.6) is 0 Å². The molecule has 11 nitrogen and oxygen atoms in total. The fourth-order valence-electron chi connectivity index (χ4n) is 4.38. The number of hydrogen-bond donors (Lipinski definition) is 0. The Morgan fingerprint density at radius 1 is 0.566 bits per heavy atom. The minimum Gasteiger partial charge on any atom is -0.412 e. The molecule has 0 atom stereocenters. The zero-order valence-corrected chi connectivity index (χ0v) is 29.8. The summed E-state index contributed by atoms with van der Waals surface area (Å²) in [5.74, 6) is 0. The van der Waals surface area contributed by atoms with E-state index in [2.05, 4.69) is 39.9 Å². The third kappa shape index (κ3) is 10.8. The Bertz CT molecular complexity index is 2260. The molecule has 4 aromatic heterocycles. The molecule has 0 radical (unpaired) electrons. The second kappa shape index (κ2) is 17.9. The Hall–Kier alpha value is -5.40. The quantitative estimate of drug-likeness (QED) is 0.0929. The van der Waals surface area contributed by atoms with Crippen LogP contribution >= 0.6 is 11.8 Å². The molecule has 2 N–H and O–H groups in total. The molecule has 0 aliphatic rings. The molecule has 4 heterocycles. The minimum atomic E-state index is -4.50. The van der Waals surface area contributed by atoms with E-state index in [0.717, 1.165) is 30.5 Å². The molecule has 0 saturated carbocycles. The van der Waals surface area contributed by atoms with Gasteiger partial charge in [0.15, 0.2) is 5.16 Å². The van der Waals surface area contributed by atoms with Crippen LogP contribution in [0.4, 0.5) is 26.3 Å². The van der Waals surface area contributed by atoms with Gasteiger partial charge in [-0.2, -0.15) is 26.3 Å². The zero-order valence-electron chi connectivity index (χ0n) is 28.2. The van der Waals surface area contributed by atoms with Gasteiger partial charge in [-0.3, -0.25) is 19.9 Å². The smallest absolute Gasteiger partial charge is 0.412 e. The summed E-state index contributed by atoms with van der Waals surface area (Å²) in [6.45, 7) is 4.00. The average molecular weight is 777 g/mol. The second-order valence-corrected chi connectivity index (χ2v) is 12.8. The standard InChI is InChI=1S/C16H11F3N4O2S.C16H11F3N4S.C2H6.H2O/c1-26(24,25)15-22-6-5-12(23-15)14-13(20-7-8-21-14)10-3-2-4-11(9-10)16(17,18)19;1-24-15-22-6-5-12(23-15)14-13(20-7-8-21-14)10-3-2-4-11(9-10)16(17,18)19;1-2;/h2-9H,1H3;2-9H,1H3;1-2H3;1H2. The lowest BCUT2D eigenvalue weighted by Gasteiger charge is -2.11. The summed E-state index contributed by atoms with van der Waals surface area (Å²) in [7, 11) is -3.66. The Morgan fingerprint density at radius 3 is 1.40 bits per heavy atom. The van der Waals surface area contributed by atoms with Crippen molar-refractivity contribution in [1.82, 2.24) is 39.9 Å². The second-order valence-electron chi connectivity index (χ2n) is 10.1. The minimum absolute atomic E-state index is 0. The number of benzene rings is 2. The lowest BCUT2D eigenvalue weighted by molar-refractivity contribution is -0.138. The molecule has 19 heteroatoms. The van der Waals surface area contributed by atoms with E-state index in [1.54, 1.807) is 18.3 Å². The summed E-state index contributed by atoms with van der Waals surface area (Å²) >= 11 is 1.37. The maximum Gasteiger partial charge on any atom is 0.416 e. The Balaban J connectivity index is 0.000000269. The number of thioether (sulfide) groups is 1. The summed E-state index contributed by atoms with van der Waals surface area (Å²) in [4.78, 5) is 32.7. The van der Waals surface area contributed by atoms with Gasteiger partial charge in [0.1, 0.15) is 11.4 Å². The summed E-state index contributed by atoms with van der Waals surface area (Å²) in [5, 5.41) is 0.142. The SMILES string of the molecule is CC.CS(=O)(=O)c1nccc(-c2nccnc2-c2cccc(C(F)(F)F)c2)n1.CSc1nccc(-c2nccnc2-c2cccc(C(F)(F)F)c2)n1.O. The number of aromatic nitrogens is 8. The molecule has 2 aromatic carbocycles. The Labute approximate surface area is 304 Å². The molecular formula is C34H30F6N8O3S2. The third-order valence-corrected chi connectivity index (χ3v) is 8.01. The van der Waals surface area contributed by atoms with Crippen LogP contribution in [0.15, 0.2) is 108 Å². The first-order valence-electron chi connectivity index (χ1n) is 15.0. The molecule has 0 fully saturated rings. The number of halogens is 6. The first kappa shape index (κ1) is 42.0. The van der Waals surface area contributed by atoms with Gasteiger partial charge in [-0.05, 0) is 42.7 Å². The number of rotatable bonds is 6. The van der Waals surface area contributed by atoms with Gasteiger partial charge < -0.3 is 5.48 Å². The lowest BCUT2D eigenvalue weighted by Crippen LogP contribution is -2.06. The van der Waals surface area contributed by atoms with Crippen molar-refractivity contribution in [2.75, 3.05) is 12.5 Å². The van der Waals surface area contributed by atoms with Gasteiger partial charge in [0, 0.05) is 54.6 Å². The molecule has 0 amide bonds. The maximum absolute atomic E-state index is 13.0. The summed E-state index contributed by atoms with van der Waals surface area (Å²) < 4.78 is 101. The van der Waals surface area contributed by atoms with E-state index in [-0.39, 0.29) is 28.1 Å². The van der Waals surface area contributed by atoms with Crippen molar-refractivity contribution in [3.8, 4) is 45.3 Å². The van der Waals surface area contributed by atoms with E-state index in [1.165, 1.54) is 67.0 Å². The molecule has 0 saturated heterocycles. The highest BCUT2D eigenvalue weighted by molar-refractivity contribution is 7.98. The zero-order chi connectivity index (χ0) is 38.1. The third-order valence-electron chi connectivity index (χ3n) is 6.59. The largest absolute Gasteiger partial charge is 0.416 e. The highest BCUT2D eigenvalue weighted by atomic mass is 32.2. The summed E-state index contributed by atoms with van der Waals surface area (Å²) in [6, 6.07) is 12.7. The topological polar surface area (TPSA) is 169 Å². The number of hydrogen-bond acceptors (Lipinski definition) is 11. The van der Waals surface area contributed by atoms with Crippen LogP contribution in [0.25, 0.3) is 45.3 Å².